The van der Waals surface area contributed by atoms with Crippen LogP contribution in [0.3, 0.4) is 0 Å². The summed E-state index contributed by atoms with van der Waals surface area (Å²) < 4.78 is 15.1. The van der Waals surface area contributed by atoms with Crippen molar-refractivity contribution < 1.29 is 9.18 Å². The summed E-state index contributed by atoms with van der Waals surface area (Å²) in [6.45, 7) is 2.43. The minimum Gasteiger partial charge on any atom is -0.301 e. The average molecular weight is 450 g/mol. The van der Waals surface area contributed by atoms with Crippen LogP contribution < -0.4 is 5.32 Å². The molecule has 0 fully saturated rings. The summed E-state index contributed by atoms with van der Waals surface area (Å²) in [6, 6.07) is 11.7. The highest BCUT2D eigenvalue weighted by molar-refractivity contribution is 7.07. The molecule has 164 valence electrons. The first-order valence-electron chi connectivity index (χ1n) is 10.3. The highest BCUT2D eigenvalue weighted by atomic mass is 32.1. The molecule has 0 radical (unpaired) electrons. The first kappa shape index (κ1) is 22.0. The molecule has 4 rings (SSSR count). The second kappa shape index (κ2) is 9.93. The summed E-state index contributed by atoms with van der Waals surface area (Å²) in [5.41, 5.74) is 7.08. The molecule has 0 aliphatic carbocycles. The number of pyridine rings is 1. The number of carbonyl (C=O) groups is 1. The van der Waals surface area contributed by atoms with Crippen molar-refractivity contribution in [3.8, 4) is 11.3 Å². The second-order valence-corrected chi connectivity index (χ2v) is 8.44. The van der Waals surface area contributed by atoms with Gasteiger partial charge in [0.1, 0.15) is 5.82 Å². The number of carbonyl (C=O) groups excluding carboxylic acids is 1. The van der Waals surface area contributed by atoms with E-state index >= 15 is 0 Å². The van der Waals surface area contributed by atoms with Crippen LogP contribution in [0.4, 0.5) is 4.39 Å². The van der Waals surface area contributed by atoms with Crippen LogP contribution in [0, 0.1) is 12.7 Å². The van der Waals surface area contributed by atoms with Crippen molar-refractivity contribution in [2.24, 2.45) is 7.05 Å². The molecule has 8 heteroatoms. The molecule has 32 heavy (non-hydrogen) atoms. The molecule has 0 amide bonds. The minimum atomic E-state index is -0.427. The third kappa shape index (κ3) is 5.52. The largest absolute Gasteiger partial charge is 0.301 e. The van der Waals surface area contributed by atoms with Gasteiger partial charge in [0.2, 0.25) is 0 Å². The standard InChI is InChI=1S/C24H24FN5OS/c1-16-9-18(7-8-26-16)22-11-21(30(2)29-22)12-24(31)23(27-13-20-14-32-15-28-20)10-17-3-5-19(25)6-4-17/h3-9,11,14-15,23,27H,10,12-13H2,1-2H3. The number of aryl methyl sites for hydroxylation is 2. The monoisotopic (exact) mass is 449 g/mol. The molecule has 0 aliphatic rings. The fourth-order valence-electron chi connectivity index (χ4n) is 3.53. The zero-order chi connectivity index (χ0) is 22.5. The van der Waals surface area contributed by atoms with E-state index in [1.807, 2.05) is 37.6 Å². The van der Waals surface area contributed by atoms with Crippen molar-refractivity contribution in [1.82, 2.24) is 25.1 Å². The van der Waals surface area contributed by atoms with Crippen LogP contribution in [-0.4, -0.2) is 31.6 Å². The number of Topliss-reactive ketones (excluding diaryl/α,β-unsaturated/α-hetero) is 1. The quantitative estimate of drug-likeness (QED) is 0.420. The first-order chi connectivity index (χ1) is 15.5. The number of thiazole rings is 1. The molecule has 3 aromatic heterocycles. The maximum absolute atomic E-state index is 13.3. The third-order valence-electron chi connectivity index (χ3n) is 5.28. The van der Waals surface area contributed by atoms with Gasteiger partial charge in [0.25, 0.3) is 0 Å². The Morgan fingerprint density at radius 1 is 1.19 bits per heavy atom. The summed E-state index contributed by atoms with van der Waals surface area (Å²) >= 11 is 1.52. The lowest BCUT2D eigenvalue weighted by Gasteiger charge is -2.17. The van der Waals surface area contributed by atoms with E-state index in [1.165, 1.54) is 23.5 Å². The predicted octanol–water partition coefficient (Wildman–Crippen LogP) is 3.90. The smallest absolute Gasteiger partial charge is 0.156 e. The molecule has 0 saturated carbocycles. The zero-order valence-electron chi connectivity index (χ0n) is 18.0. The van der Waals surface area contributed by atoms with Gasteiger partial charge < -0.3 is 5.32 Å². The van der Waals surface area contributed by atoms with Crippen LogP contribution in [0.25, 0.3) is 11.3 Å². The van der Waals surface area contributed by atoms with E-state index in [1.54, 1.807) is 28.5 Å². The Bertz CT molecular complexity index is 1190. The molecule has 1 aromatic carbocycles. The first-order valence-corrected chi connectivity index (χ1v) is 11.3. The molecular weight excluding hydrogens is 425 g/mol. The van der Waals surface area contributed by atoms with Crippen LogP contribution in [0.2, 0.25) is 0 Å². The number of benzene rings is 1. The molecule has 0 aliphatic heterocycles. The fourth-order valence-corrected chi connectivity index (χ4v) is 4.09. The van der Waals surface area contributed by atoms with E-state index in [0.29, 0.717) is 13.0 Å². The van der Waals surface area contributed by atoms with Crippen molar-refractivity contribution in [2.75, 3.05) is 0 Å². The van der Waals surface area contributed by atoms with Crippen LogP contribution in [0.1, 0.15) is 22.6 Å². The van der Waals surface area contributed by atoms with Gasteiger partial charge in [-0.2, -0.15) is 5.10 Å². The summed E-state index contributed by atoms with van der Waals surface area (Å²) in [5, 5.41) is 9.87. The SMILES string of the molecule is Cc1cc(-c2cc(CC(=O)C(Cc3ccc(F)cc3)NCc3cscn3)n(C)n2)ccn1. The van der Waals surface area contributed by atoms with E-state index in [0.717, 1.165) is 33.9 Å². The number of rotatable bonds is 9. The molecule has 1 atom stereocenters. The zero-order valence-corrected chi connectivity index (χ0v) is 18.8. The highest BCUT2D eigenvalue weighted by Crippen LogP contribution is 2.20. The molecular formula is C24H24FN5OS. The number of halogens is 1. The van der Waals surface area contributed by atoms with Crippen molar-refractivity contribution in [3.05, 3.63) is 88.0 Å². The Hall–Kier alpha value is -3.23. The number of nitrogens with one attached hydrogen (secondary N) is 1. The summed E-state index contributed by atoms with van der Waals surface area (Å²) in [5.74, 6) is -0.245. The van der Waals surface area contributed by atoms with Gasteiger partial charge in [0.15, 0.2) is 5.78 Å². The van der Waals surface area contributed by atoms with Gasteiger partial charge in [-0.15, -0.1) is 11.3 Å². The average Bonchev–Trinajstić information content (AvgIpc) is 3.42. The molecule has 0 saturated heterocycles. The van der Waals surface area contributed by atoms with Crippen LogP contribution in [-0.2, 0) is 31.2 Å². The minimum absolute atomic E-state index is 0.0463. The number of hydrogen-bond acceptors (Lipinski definition) is 6. The van der Waals surface area contributed by atoms with Crippen LogP contribution in [0.15, 0.2) is 59.6 Å². The normalized spacial score (nSPS) is 12.1. The van der Waals surface area contributed by atoms with Crippen molar-refractivity contribution in [3.63, 3.8) is 0 Å². The van der Waals surface area contributed by atoms with Crippen molar-refractivity contribution in [1.29, 1.82) is 0 Å². The lowest BCUT2D eigenvalue weighted by atomic mass is 9.99. The lowest BCUT2D eigenvalue weighted by Crippen LogP contribution is -2.39. The van der Waals surface area contributed by atoms with Crippen LogP contribution >= 0.6 is 11.3 Å². The third-order valence-corrected chi connectivity index (χ3v) is 5.91. The highest BCUT2D eigenvalue weighted by Gasteiger charge is 2.21. The topological polar surface area (TPSA) is 72.7 Å². The molecule has 1 N–H and O–H groups in total. The summed E-state index contributed by atoms with van der Waals surface area (Å²) in [6.07, 6.45) is 2.46. The van der Waals surface area contributed by atoms with Gasteiger partial charge in [-0.05, 0) is 49.2 Å². The van der Waals surface area contributed by atoms with E-state index in [2.05, 4.69) is 20.4 Å². The van der Waals surface area contributed by atoms with Gasteiger partial charge in [-0.25, -0.2) is 9.37 Å². The Morgan fingerprint density at radius 2 is 2.00 bits per heavy atom. The molecule has 4 aromatic rings. The number of aromatic nitrogens is 4. The van der Waals surface area contributed by atoms with E-state index < -0.39 is 6.04 Å². The van der Waals surface area contributed by atoms with E-state index in [-0.39, 0.29) is 18.0 Å². The van der Waals surface area contributed by atoms with Gasteiger partial charge >= 0.3 is 0 Å². The molecule has 1 unspecified atom stereocenters. The summed E-state index contributed by atoms with van der Waals surface area (Å²) in [4.78, 5) is 21.8. The van der Waals surface area contributed by atoms with Crippen molar-refractivity contribution in [2.45, 2.75) is 32.4 Å². The maximum Gasteiger partial charge on any atom is 0.156 e. The molecule has 3 heterocycles. The number of ketones is 1. The second-order valence-electron chi connectivity index (χ2n) is 7.72. The number of hydrogen-bond donors (Lipinski definition) is 1. The molecule has 0 spiro atoms. The van der Waals surface area contributed by atoms with Gasteiger partial charge in [-0.3, -0.25) is 14.5 Å². The van der Waals surface area contributed by atoms with E-state index in [4.69, 9.17) is 0 Å². The Balaban J connectivity index is 1.51. The Kier molecular flexibility index (Phi) is 6.82. The summed E-state index contributed by atoms with van der Waals surface area (Å²) in [7, 11) is 1.85. The lowest BCUT2D eigenvalue weighted by molar-refractivity contribution is -0.120. The maximum atomic E-state index is 13.3. The Labute approximate surface area is 190 Å². The molecule has 0 bridgehead atoms. The van der Waals surface area contributed by atoms with Gasteiger partial charge in [0, 0.05) is 42.1 Å². The molecule has 6 nitrogen and oxygen atoms in total. The fraction of sp³-hybridized carbons (Fsp3) is 0.250. The van der Waals surface area contributed by atoms with E-state index in [9.17, 15) is 9.18 Å². The predicted molar refractivity (Wildman–Crippen MR) is 123 cm³/mol. The Morgan fingerprint density at radius 3 is 2.72 bits per heavy atom. The number of nitrogens with zero attached hydrogens (tertiary/aromatic N) is 4. The van der Waals surface area contributed by atoms with Gasteiger partial charge in [-0.1, -0.05) is 12.1 Å². The van der Waals surface area contributed by atoms with Crippen LogP contribution in [0.5, 0.6) is 0 Å². The van der Waals surface area contributed by atoms with Crippen molar-refractivity contribution >= 4 is 17.1 Å². The van der Waals surface area contributed by atoms with Gasteiger partial charge in [0.05, 0.1) is 29.4 Å².